The summed E-state index contributed by atoms with van der Waals surface area (Å²) < 4.78 is 11.1. The van der Waals surface area contributed by atoms with Crippen molar-refractivity contribution in [1.29, 1.82) is 0 Å². The molecule has 4 heteroatoms. The molecule has 1 aromatic rings. The Hall–Kier alpha value is -0.770. The molecule has 0 amide bonds. The molecule has 0 aliphatic rings. The van der Waals surface area contributed by atoms with Gasteiger partial charge in [0.15, 0.2) is 0 Å². The summed E-state index contributed by atoms with van der Waals surface area (Å²) in [6, 6.07) is 5.49. The van der Waals surface area contributed by atoms with E-state index in [1.165, 1.54) is 0 Å². The summed E-state index contributed by atoms with van der Waals surface area (Å²) in [5, 5.41) is 0.655. The standard InChI is InChI=1S/C14H22ClNO2/c1-11(2)5-6-17-7-8-18-14-9-13(15)4-3-12(14)10-16/h3-4,9,11H,5-8,10,16H2,1-2H3. The molecule has 0 unspecified atom stereocenters. The van der Waals surface area contributed by atoms with Crippen molar-refractivity contribution in [2.45, 2.75) is 26.8 Å². The zero-order valence-electron chi connectivity index (χ0n) is 11.1. The Bertz CT molecular complexity index is 356. The molecular weight excluding hydrogens is 250 g/mol. The van der Waals surface area contributed by atoms with E-state index in [0.717, 1.165) is 24.3 Å². The molecular formula is C14H22ClNO2. The van der Waals surface area contributed by atoms with E-state index in [-0.39, 0.29) is 0 Å². The third-order valence-electron chi connectivity index (χ3n) is 2.57. The molecule has 0 aromatic heterocycles. The molecule has 0 aliphatic heterocycles. The highest BCUT2D eigenvalue weighted by atomic mass is 35.5. The van der Waals surface area contributed by atoms with E-state index < -0.39 is 0 Å². The summed E-state index contributed by atoms with van der Waals surface area (Å²) >= 11 is 5.92. The molecule has 1 aromatic carbocycles. The first-order valence-electron chi connectivity index (χ1n) is 6.32. The van der Waals surface area contributed by atoms with Crippen LogP contribution in [0.4, 0.5) is 0 Å². The molecule has 18 heavy (non-hydrogen) atoms. The summed E-state index contributed by atoms with van der Waals surface area (Å²) in [7, 11) is 0. The normalized spacial score (nSPS) is 10.9. The molecule has 0 spiro atoms. The van der Waals surface area contributed by atoms with Crippen molar-refractivity contribution >= 4 is 11.6 Å². The third kappa shape index (κ3) is 5.71. The van der Waals surface area contributed by atoms with Gasteiger partial charge in [0.1, 0.15) is 12.4 Å². The van der Waals surface area contributed by atoms with Crippen molar-refractivity contribution in [3.63, 3.8) is 0 Å². The van der Waals surface area contributed by atoms with E-state index in [2.05, 4.69) is 13.8 Å². The van der Waals surface area contributed by atoms with E-state index >= 15 is 0 Å². The van der Waals surface area contributed by atoms with E-state index in [1.54, 1.807) is 6.07 Å². The topological polar surface area (TPSA) is 44.5 Å². The first-order chi connectivity index (χ1) is 8.63. The fraction of sp³-hybridized carbons (Fsp3) is 0.571. The second-order valence-corrected chi connectivity index (χ2v) is 5.04. The number of benzene rings is 1. The van der Waals surface area contributed by atoms with Gasteiger partial charge in [-0.05, 0) is 24.5 Å². The second kappa shape index (κ2) is 8.35. The van der Waals surface area contributed by atoms with Crippen LogP contribution < -0.4 is 10.5 Å². The first-order valence-corrected chi connectivity index (χ1v) is 6.70. The minimum absolute atomic E-state index is 0.445. The molecule has 0 atom stereocenters. The lowest BCUT2D eigenvalue weighted by atomic mass is 10.1. The van der Waals surface area contributed by atoms with E-state index in [0.29, 0.717) is 30.7 Å². The summed E-state index contributed by atoms with van der Waals surface area (Å²) in [5.41, 5.74) is 6.59. The van der Waals surface area contributed by atoms with Gasteiger partial charge in [-0.3, -0.25) is 0 Å². The Morgan fingerprint density at radius 1 is 1.22 bits per heavy atom. The van der Waals surface area contributed by atoms with Gasteiger partial charge < -0.3 is 15.2 Å². The molecule has 102 valence electrons. The number of rotatable bonds is 8. The van der Waals surface area contributed by atoms with Crippen LogP contribution in [0, 0.1) is 5.92 Å². The third-order valence-corrected chi connectivity index (χ3v) is 2.81. The van der Waals surface area contributed by atoms with Crippen LogP contribution in [-0.2, 0) is 11.3 Å². The van der Waals surface area contributed by atoms with Gasteiger partial charge in [0, 0.05) is 23.7 Å². The van der Waals surface area contributed by atoms with Crippen LogP contribution in [0.25, 0.3) is 0 Å². The number of ether oxygens (including phenoxy) is 2. The van der Waals surface area contributed by atoms with Gasteiger partial charge in [0.25, 0.3) is 0 Å². The maximum Gasteiger partial charge on any atom is 0.125 e. The molecule has 1 rings (SSSR count). The van der Waals surface area contributed by atoms with Crippen LogP contribution in [0.2, 0.25) is 5.02 Å². The Kier molecular flexibility index (Phi) is 7.09. The Morgan fingerprint density at radius 2 is 2.00 bits per heavy atom. The highest BCUT2D eigenvalue weighted by Crippen LogP contribution is 2.22. The zero-order valence-corrected chi connectivity index (χ0v) is 11.9. The summed E-state index contributed by atoms with van der Waals surface area (Å²) in [6.07, 6.45) is 1.07. The monoisotopic (exact) mass is 271 g/mol. The zero-order chi connectivity index (χ0) is 13.4. The van der Waals surface area contributed by atoms with Crippen molar-refractivity contribution in [3.8, 4) is 5.75 Å². The highest BCUT2D eigenvalue weighted by molar-refractivity contribution is 6.30. The molecule has 2 N–H and O–H groups in total. The number of halogens is 1. The molecule has 0 bridgehead atoms. The van der Waals surface area contributed by atoms with Crippen molar-refractivity contribution in [2.24, 2.45) is 11.7 Å². The van der Waals surface area contributed by atoms with Crippen molar-refractivity contribution in [2.75, 3.05) is 19.8 Å². The van der Waals surface area contributed by atoms with Crippen LogP contribution in [0.5, 0.6) is 5.75 Å². The average Bonchev–Trinajstić information content (AvgIpc) is 2.33. The minimum atomic E-state index is 0.445. The van der Waals surface area contributed by atoms with Gasteiger partial charge in [-0.25, -0.2) is 0 Å². The Labute approximate surface area is 114 Å². The van der Waals surface area contributed by atoms with Gasteiger partial charge in [0.2, 0.25) is 0 Å². The van der Waals surface area contributed by atoms with Gasteiger partial charge in [-0.1, -0.05) is 31.5 Å². The molecule has 0 heterocycles. The predicted octanol–water partition coefficient (Wildman–Crippen LogP) is 3.24. The van der Waals surface area contributed by atoms with E-state index in [1.807, 2.05) is 12.1 Å². The highest BCUT2D eigenvalue weighted by Gasteiger charge is 2.03. The molecule has 0 saturated carbocycles. The van der Waals surface area contributed by atoms with Crippen molar-refractivity contribution in [3.05, 3.63) is 28.8 Å². The number of hydrogen-bond acceptors (Lipinski definition) is 3. The summed E-state index contributed by atoms with van der Waals surface area (Å²) in [6.45, 7) is 6.69. The van der Waals surface area contributed by atoms with Gasteiger partial charge in [-0.2, -0.15) is 0 Å². The van der Waals surface area contributed by atoms with Crippen LogP contribution in [0.15, 0.2) is 18.2 Å². The van der Waals surface area contributed by atoms with Crippen LogP contribution >= 0.6 is 11.6 Å². The predicted molar refractivity (Wildman–Crippen MR) is 75.1 cm³/mol. The SMILES string of the molecule is CC(C)CCOCCOc1cc(Cl)ccc1CN. The number of hydrogen-bond donors (Lipinski definition) is 1. The molecule has 0 fully saturated rings. The first kappa shape index (κ1) is 15.3. The maximum absolute atomic E-state index is 5.92. The van der Waals surface area contributed by atoms with Gasteiger partial charge >= 0.3 is 0 Å². The maximum atomic E-state index is 5.92. The number of nitrogens with two attached hydrogens (primary N) is 1. The van der Waals surface area contributed by atoms with Crippen LogP contribution in [0.3, 0.4) is 0 Å². The van der Waals surface area contributed by atoms with Crippen LogP contribution in [-0.4, -0.2) is 19.8 Å². The fourth-order valence-corrected chi connectivity index (χ4v) is 1.63. The average molecular weight is 272 g/mol. The fourth-order valence-electron chi connectivity index (χ4n) is 1.46. The Morgan fingerprint density at radius 3 is 2.67 bits per heavy atom. The van der Waals surface area contributed by atoms with E-state index in [9.17, 15) is 0 Å². The Balaban J connectivity index is 2.28. The smallest absolute Gasteiger partial charge is 0.125 e. The lowest BCUT2D eigenvalue weighted by molar-refractivity contribution is 0.0923. The molecule has 0 radical (unpaired) electrons. The van der Waals surface area contributed by atoms with Crippen LogP contribution in [0.1, 0.15) is 25.8 Å². The van der Waals surface area contributed by atoms with Gasteiger partial charge in [0.05, 0.1) is 6.61 Å². The van der Waals surface area contributed by atoms with E-state index in [4.69, 9.17) is 26.8 Å². The van der Waals surface area contributed by atoms with Crippen molar-refractivity contribution in [1.82, 2.24) is 0 Å². The largest absolute Gasteiger partial charge is 0.491 e. The van der Waals surface area contributed by atoms with Crippen molar-refractivity contribution < 1.29 is 9.47 Å². The quantitative estimate of drug-likeness (QED) is 0.738. The lowest BCUT2D eigenvalue weighted by Gasteiger charge is -2.11. The summed E-state index contributed by atoms with van der Waals surface area (Å²) in [4.78, 5) is 0. The summed E-state index contributed by atoms with van der Waals surface area (Å²) in [5.74, 6) is 1.42. The van der Waals surface area contributed by atoms with Gasteiger partial charge in [-0.15, -0.1) is 0 Å². The molecule has 0 aliphatic carbocycles. The minimum Gasteiger partial charge on any atom is -0.491 e. The second-order valence-electron chi connectivity index (χ2n) is 4.60. The lowest BCUT2D eigenvalue weighted by Crippen LogP contribution is -2.10. The molecule has 0 saturated heterocycles. The molecule has 3 nitrogen and oxygen atoms in total.